The standard InChI is InChI=1S/C12H18N2O3/c1-12(2,6-7-15)9-13-10-4-3-5-11(8-10)14(16)17/h3-5,8,13,15H,6-7,9H2,1-2H3. The predicted molar refractivity (Wildman–Crippen MR) is 67.1 cm³/mol. The number of anilines is 1. The molecule has 0 aliphatic rings. The molecule has 0 atom stereocenters. The molecular weight excluding hydrogens is 220 g/mol. The SMILES string of the molecule is CC(C)(CCO)CNc1cccc([N+](=O)[O-])c1. The van der Waals surface area contributed by atoms with Gasteiger partial charge in [-0.2, -0.15) is 0 Å². The van der Waals surface area contributed by atoms with Gasteiger partial charge in [0.1, 0.15) is 0 Å². The third kappa shape index (κ3) is 4.40. The Labute approximate surface area is 101 Å². The predicted octanol–water partition coefficient (Wildman–Crippen LogP) is 2.42. The van der Waals surface area contributed by atoms with E-state index in [4.69, 9.17) is 5.11 Å². The number of non-ortho nitro benzene ring substituents is 1. The molecule has 94 valence electrons. The maximum atomic E-state index is 10.6. The molecule has 0 saturated carbocycles. The van der Waals surface area contributed by atoms with Gasteiger partial charge in [-0.25, -0.2) is 0 Å². The number of benzene rings is 1. The van der Waals surface area contributed by atoms with E-state index in [0.717, 1.165) is 5.69 Å². The van der Waals surface area contributed by atoms with Crippen LogP contribution < -0.4 is 5.32 Å². The van der Waals surface area contributed by atoms with Crippen molar-refractivity contribution in [2.75, 3.05) is 18.5 Å². The molecule has 1 aromatic carbocycles. The first-order valence-corrected chi connectivity index (χ1v) is 5.54. The van der Waals surface area contributed by atoms with E-state index in [2.05, 4.69) is 5.32 Å². The van der Waals surface area contributed by atoms with Gasteiger partial charge in [-0.3, -0.25) is 10.1 Å². The summed E-state index contributed by atoms with van der Waals surface area (Å²) in [6.07, 6.45) is 0.689. The Bertz CT molecular complexity index is 391. The molecule has 0 aliphatic heterocycles. The minimum absolute atomic E-state index is 0.0423. The van der Waals surface area contributed by atoms with Crippen LogP contribution in [-0.2, 0) is 0 Å². The van der Waals surface area contributed by atoms with Crippen LogP contribution in [0, 0.1) is 15.5 Å². The first kappa shape index (κ1) is 13.4. The lowest BCUT2D eigenvalue weighted by molar-refractivity contribution is -0.384. The number of nitrogens with zero attached hydrogens (tertiary/aromatic N) is 1. The van der Waals surface area contributed by atoms with Crippen molar-refractivity contribution in [1.29, 1.82) is 0 Å². The summed E-state index contributed by atoms with van der Waals surface area (Å²) in [5.41, 5.74) is 0.763. The first-order chi connectivity index (χ1) is 7.94. The Hall–Kier alpha value is -1.62. The van der Waals surface area contributed by atoms with E-state index in [-0.39, 0.29) is 17.7 Å². The van der Waals surface area contributed by atoms with Crippen molar-refractivity contribution in [2.24, 2.45) is 5.41 Å². The molecule has 0 bridgehead atoms. The van der Waals surface area contributed by atoms with Crippen LogP contribution in [0.3, 0.4) is 0 Å². The van der Waals surface area contributed by atoms with E-state index in [9.17, 15) is 10.1 Å². The van der Waals surface area contributed by atoms with Gasteiger partial charge in [0.25, 0.3) is 5.69 Å². The van der Waals surface area contributed by atoms with E-state index in [1.54, 1.807) is 12.1 Å². The highest BCUT2D eigenvalue weighted by molar-refractivity contribution is 5.50. The lowest BCUT2D eigenvalue weighted by Gasteiger charge is -2.24. The number of hydrogen-bond acceptors (Lipinski definition) is 4. The molecule has 0 unspecified atom stereocenters. The van der Waals surface area contributed by atoms with Gasteiger partial charge in [0.05, 0.1) is 4.92 Å². The van der Waals surface area contributed by atoms with Gasteiger partial charge in [-0.05, 0) is 17.9 Å². The molecule has 0 aliphatic carbocycles. The van der Waals surface area contributed by atoms with Gasteiger partial charge in [-0.1, -0.05) is 19.9 Å². The molecule has 0 amide bonds. The van der Waals surface area contributed by atoms with Crippen molar-refractivity contribution in [3.8, 4) is 0 Å². The number of hydrogen-bond donors (Lipinski definition) is 2. The van der Waals surface area contributed by atoms with Crippen LogP contribution in [0.5, 0.6) is 0 Å². The van der Waals surface area contributed by atoms with Gasteiger partial charge in [-0.15, -0.1) is 0 Å². The Morgan fingerprint density at radius 3 is 2.76 bits per heavy atom. The second kappa shape index (κ2) is 5.63. The average molecular weight is 238 g/mol. The van der Waals surface area contributed by atoms with Crippen molar-refractivity contribution >= 4 is 11.4 Å². The number of aliphatic hydroxyl groups excluding tert-OH is 1. The van der Waals surface area contributed by atoms with E-state index in [1.165, 1.54) is 12.1 Å². The quantitative estimate of drug-likeness (QED) is 0.589. The summed E-state index contributed by atoms with van der Waals surface area (Å²) < 4.78 is 0. The molecule has 0 radical (unpaired) electrons. The Kier molecular flexibility index (Phi) is 4.45. The molecule has 0 spiro atoms. The van der Waals surface area contributed by atoms with Crippen LogP contribution in [-0.4, -0.2) is 23.2 Å². The minimum Gasteiger partial charge on any atom is -0.396 e. The fraction of sp³-hybridized carbons (Fsp3) is 0.500. The minimum atomic E-state index is -0.413. The molecule has 0 fully saturated rings. The Morgan fingerprint density at radius 1 is 1.47 bits per heavy atom. The van der Waals surface area contributed by atoms with Gasteiger partial charge >= 0.3 is 0 Å². The van der Waals surface area contributed by atoms with Gasteiger partial charge in [0, 0.05) is 31.0 Å². The second-order valence-electron chi connectivity index (χ2n) is 4.80. The smallest absolute Gasteiger partial charge is 0.271 e. The molecule has 2 N–H and O–H groups in total. The molecule has 5 nitrogen and oxygen atoms in total. The Balaban J connectivity index is 2.63. The fourth-order valence-electron chi connectivity index (χ4n) is 1.46. The second-order valence-corrected chi connectivity index (χ2v) is 4.80. The monoisotopic (exact) mass is 238 g/mol. The van der Waals surface area contributed by atoms with Crippen LogP contribution in [0.2, 0.25) is 0 Å². The maximum absolute atomic E-state index is 10.6. The summed E-state index contributed by atoms with van der Waals surface area (Å²) in [4.78, 5) is 10.2. The van der Waals surface area contributed by atoms with E-state index < -0.39 is 4.92 Å². The summed E-state index contributed by atoms with van der Waals surface area (Å²) in [5, 5.41) is 22.6. The molecule has 1 aromatic rings. The number of nitro groups is 1. The van der Waals surface area contributed by atoms with E-state index in [0.29, 0.717) is 13.0 Å². The summed E-state index contributed by atoms with van der Waals surface area (Å²) in [6.45, 7) is 4.87. The average Bonchev–Trinajstić information content (AvgIpc) is 2.27. The topological polar surface area (TPSA) is 75.4 Å². The number of rotatable bonds is 6. The van der Waals surface area contributed by atoms with Crippen molar-refractivity contribution in [1.82, 2.24) is 0 Å². The van der Waals surface area contributed by atoms with Gasteiger partial charge in [0.2, 0.25) is 0 Å². The maximum Gasteiger partial charge on any atom is 0.271 e. The molecule has 0 heterocycles. The molecule has 0 aromatic heterocycles. The van der Waals surface area contributed by atoms with Gasteiger partial charge in [0.15, 0.2) is 0 Å². The molecule has 0 saturated heterocycles. The van der Waals surface area contributed by atoms with Crippen LogP contribution >= 0.6 is 0 Å². The fourth-order valence-corrected chi connectivity index (χ4v) is 1.46. The van der Waals surface area contributed by atoms with Crippen molar-refractivity contribution in [3.05, 3.63) is 34.4 Å². The zero-order valence-electron chi connectivity index (χ0n) is 10.1. The number of aliphatic hydroxyl groups is 1. The molecule has 1 rings (SSSR count). The van der Waals surface area contributed by atoms with Crippen molar-refractivity contribution < 1.29 is 10.0 Å². The van der Waals surface area contributed by atoms with E-state index in [1.807, 2.05) is 13.8 Å². The molecule has 5 heteroatoms. The lowest BCUT2D eigenvalue weighted by atomic mass is 9.89. The first-order valence-electron chi connectivity index (χ1n) is 5.54. The normalized spacial score (nSPS) is 11.2. The zero-order valence-corrected chi connectivity index (χ0v) is 10.1. The van der Waals surface area contributed by atoms with Gasteiger partial charge < -0.3 is 10.4 Å². The zero-order chi connectivity index (χ0) is 12.9. The summed E-state index contributed by atoms with van der Waals surface area (Å²) >= 11 is 0. The van der Waals surface area contributed by atoms with Crippen molar-refractivity contribution in [2.45, 2.75) is 20.3 Å². The summed E-state index contributed by atoms with van der Waals surface area (Å²) in [5.74, 6) is 0. The molecular formula is C12H18N2O3. The van der Waals surface area contributed by atoms with Crippen LogP contribution in [0.1, 0.15) is 20.3 Å². The third-order valence-electron chi connectivity index (χ3n) is 2.62. The lowest BCUT2D eigenvalue weighted by Crippen LogP contribution is -2.24. The third-order valence-corrected chi connectivity index (χ3v) is 2.62. The summed E-state index contributed by atoms with van der Waals surface area (Å²) in [6, 6.07) is 6.42. The van der Waals surface area contributed by atoms with E-state index >= 15 is 0 Å². The largest absolute Gasteiger partial charge is 0.396 e. The summed E-state index contributed by atoms with van der Waals surface area (Å²) in [7, 11) is 0. The Morgan fingerprint density at radius 2 is 2.18 bits per heavy atom. The highest BCUT2D eigenvalue weighted by Crippen LogP contribution is 2.22. The highest BCUT2D eigenvalue weighted by Gasteiger charge is 2.17. The van der Waals surface area contributed by atoms with Crippen LogP contribution in [0.4, 0.5) is 11.4 Å². The van der Waals surface area contributed by atoms with Crippen LogP contribution in [0.25, 0.3) is 0 Å². The van der Waals surface area contributed by atoms with Crippen LogP contribution in [0.15, 0.2) is 24.3 Å². The number of nitro benzene ring substituents is 1. The van der Waals surface area contributed by atoms with Crippen molar-refractivity contribution in [3.63, 3.8) is 0 Å². The number of nitrogens with one attached hydrogen (secondary N) is 1. The molecule has 17 heavy (non-hydrogen) atoms. The highest BCUT2D eigenvalue weighted by atomic mass is 16.6.